The predicted octanol–water partition coefficient (Wildman–Crippen LogP) is 5.69. The summed E-state index contributed by atoms with van der Waals surface area (Å²) in [6, 6.07) is 17.1. The van der Waals surface area contributed by atoms with Crippen LogP contribution in [-0.4, -0.2) is 34.0 Å². The van der Waals surface area contributed by atoms with Crippen LogP contribution in [0.1, 0.15) is 51.7 Å². The van der Waals surface area contributed by atoms with Gasteiger partial charge in [-0.3, -0.25) is 9.59 Å². The molecule has 2 aromatic rings. The topological polar surface area (TPSA) is 49.4 Å². The summed E-state index contributed by atoms with van der Waals surface area (Å²) in [5, 5.41) is 3.68. The van der Waals surface area contributed by atoms with Gasteiger partial charge in [-0.05, 0) is 50.5 Å². The molecule has 0 aromatic heterocycles. The molecule has 2 amide bonds. The average Bonchev–Trinajstić information content (AvgIpc) is 2.72. The van der Waals surface area contributed by atoms with Gasteiger partial charge < -0.3 is 10.2 Å². The van der Waals surface area contributed by atoms with Crippen molar-refractivity contribution in [1.29, 1.82) is 0 Å². The van der Waals surface area contributed by atoms with E-state index in [-0.39, 0.29) is 17.4 Å². The van der Waals surface area contributed by atoms with E-state index in [0.29, 0.717) is 30.2 Å². The molecule has 4 nitrogen and oxygen atoms in total. The third-order valence-corrected chi connectivity index (χ3v) is 6.00. The van der Waals surface area contributed by atoms with Crippen LogP contribution in [0.5, 0.6) is 0 Å². The van der Waals surface area contributed by atoms with E-state index in [1.807, 2.05) is 70.2 Å². The van der Waals surface area contributed by atoms with Crippen molar-refractivity contribution >= 4 is 35.2 Å². The summed E-state index contributed by atoms with van der Waals surface area (Å²) in [5.41, 5.74) is 1.84. The Kier molecular flexibility index (Phi) is 9.92. The number of amides is 2. The van der Waals surface area contributed by atoms with Crippen molar-refractivity contribution in [1.82, 2.24) is 10.2 Å². The number of benzene rings is 2. The van der Waals surface area contributed by atoms with Crippen LogP contribution < -0.4 is 5.32 Å². The van der Waals surface area contributed by atoms with E-state index in [1.165, 1.54) is 5.56 Å². The standard InChI is InChI=1S/C25H33ClN2O2S/c1-5-22(24(30)27-25(2,3)4)28(17-19-11-13-21(26)14-12-19)23(29)15-16-31-18-20-9-7-6-8-10-20/h6-14,22H,5,15-18H2,1-4H3,(H,27,30)/t22-/m0/s1. The first-order valence-electron chi connectivity index (χ1n) is 10.7. The van der Waals surface area contributed by atoms with E-state index in [4.69, 9.17) is 11.6 Å². The van der Waals surface area contributed by atoms with Crippen molar-refractivity contribution < 1.29 is 9.59 Å². The van der Waals surface area contributed by atoms with Gasteiger partial charge in [0, 0.05) is 35.0 Å². The van der Waals surface area contributed by atoms with Gasteiger partial charge in [-0.2, -0.15) is 11.8 Å². The summed E-state index contributed by atoms with van der Waals surface area (Å²) in [5.74, 6) is 1.45. The third-order valence-electron chi connectivity index (χ3n) is 4.72. The highest BCUT2D eigenvalue weighted by molar-refractivity contribution is 7.98. The van der Waals surface area contributed by atoms with Gasteiger partial charge in [-0.15, -0.1) is 0 Å². The quantitative estimate of drug-likeness (QED) is 0.463. The zero-order chi connectivity index (χ0) is 22.9. The van der Waals surface area contributed by atoms with Crippen molar-refractivity contribution in [2.24, 2.45) is 0 Å². The lowest BCUT2D eigenvalue weighted by atomic mass is 10.1. The number of nitrogens with zero attached hydrogens (tertiary/aromatic N) is 1. The summed E-state index contributed by atoms with van der Waals surface area (Å²) < 4.78 is 0. The van der Waals surface area contributed by atoms with Crippen LogP contribution in [0.3, 0.4) is 0 Å². The Labute approximate surface area is 195 Å². The Hall–Kier alpha value is -1.98. The van der Waals surface area contributed by atoms with Gasteiger partial charge in [0.05, 0.1) is 0 Å². The second-order valence-corrected chi connectivity index (χ2v) is 10.1. The normalized spacial score (nSPS) is 12.3. The number of carbonyl (C=O) groups excluding carboxylic acids is 2. The Morgan fingerprint density at radius 3 is 2.26 bits per heavy atom. The zero-order valence-electron chi connectivity index (χ0n) is 18.9. The molecule has 0 bridgehead atoms. The zero-order valence-corrected chi connectivity index (χ0v) is 20.4. The van der Waals surface area contributed by atoms with Gasteiger partial charge in [0.15, 0.2) is 0 Å². The maximum Gasteiger partial charge on any atom is 0.243 e. The number of rotatable bonds is 10. The Balaban J connectivity index is 2.08. The van der Waals surface area contributed by atoms with Gasteiger partial charge in [-0.25, -0.2) is 0 Å². The third kappa shape index (κ3) is 8.96. The largest absolute Gasteiger partial charge is 0.350 e. The molecule has 0 aliphatic carbocycles. The molecule has 6 heteroatoms. The Bertz CT molecular complexity index is 835. The molecule has 0 saturated heterocycles. The van der Waals surface area contributed by atoms with Crippen molar-refractivity contribution in [2.75, 3.05) is 5.75 Å². The molecule has 0 radical (unpaired) electrons. The summed E-state index contributed by atoms with van der Waals surface area (Å²) in [6.45, 7) is 8.17. The summed E-state index contributed by atoms with van der Waals surface area (Å²) in [6.07, 6.45) is 0.947. The molecule has 2 aromatic carbocycles. The Morgan fingerprint density at radius 2 is 1.68 bits per heavy atom. The maximum atomic E-state index is 13.2. The molecule has 1 N–H and O–H groups in total. The highest BCUT2D eigenvalue weighted by atomic mass is 35.5. The summed E-state index contributed by atoms with van der Waals surface area (Å²) in [4.78, 5) is 27.9. The molecule has 0 fully saturated rings. The molecule has 1 atom stereocenters. The number of thioether (sulfide) groups is 1. The fraction of sp³-hybridized carbons (Fsp3) is 0.440. The van der Waals surface area contributed by atoms with Crippen LogP contribution in [0.4, 0.5) is 0 Å². The second kappa shape index (κ2) is 12.2. The first-order valence-corrected chi connectivity index (χ1v) is 12.2. The predicted molar refractivity (Wildman–Crippen MR) is 131 cm³/mol. The minimum Gasteiger partial charge on any atom is -0.350 e. The number of halogens is 1. The lowest BCUT2D eigenvalue weighted by molar-refractivity contribution is -0.141. The molecule has 0 unspecified atom stereocenters. The van der Waals surface area contributed by atoms with Crippen LogP contribution in [0.2, 0.25) is 5.02 Å². The number of hydrogen-bond donors (Lipinski definition) is 1. The highest BCUT2D eigenvalue weighted by Crippen LogP contribution is 2.19. The lowest BCUT2D eigenvalue weighted by Gasteiger charge is -2.33. The molecular weight excluding hydrogens is 428 g/mol. The van der Waals surface area contributed by atoms with Crippen LogP contribution in [0, 0.1) is 0 Å². The van der Waals surface area contributed by atoms with E-state index < -0.39 is 6.04 Å². The van der Waals surface area contributed by atoms with Gasteiger partial charge >= 0.3 is 0 Å². The summed E-state index contributed by atoms with van der Waals surface area (Å²) >= 11 is 7.74. The smallest absolute Gasteiger partial charge is 0.243 e. The maximum absolute atomic E-state index is 13.2. The van der Waals surface area contributed by atoms with Crippen molar-refractivity contribution in [3.8, 4) is 0 Å². The number of hydrogen-bond acceptors (Lipinski definition) is 3. The fourth-order valence-corrected chi connectivity index (χ4v) is 4.24. The molecule has 31 heavy (non-hydrogen) atoms. The van der Waals surface area contributed by atoms with E-state index in [1.54, 1.807) is 16.7 Å². The number of carbonyl (C=O) groups is 2. The minimum absolute atomic E-state index is 0.00794. The lowest BCUT2D eigenvalue weighted by Crippen LogP contribution is -2.53. The number of nitrogens with one attached hydrogen (secondary N) is 1. The molecule has 0 heterocycles. The van der Waals surface area contributed by atoms with E-state index in [9.17, 15) is 9.59 Å². The fourth-order valence-electron chi connectivity index (χ4n) is 3.23. The van der Waals surface area contributed by atoms with Gasteiger partial charge in [0.2, 0.25) is 11.8 Å². The first kappa shape index (κ1) is 25.3. The van der Waals surface area contributed by atoms with Gasteiger partial charge in [0.1, 0.15) is 6.04 Å². The Morgan fingerprint density at radius 1 is 1.03 bits per heavy atom. The van der Waals surface area contributed by atoms with Crippen LogP contribution in [0.25, 0.3) is 0 Å². The highest BCUT2D eigenvalue weighted by Gasteiger charge is 2.30. The van der Waals surface area contributed by atoms with Crippen molar-refractivity contribution in [2.45, 2.75) is 64.4 Å². The van der Waals surface area contributed by atoms with Crippen molar-refractivity contribution in [3.05, 3.63) is 70.7 Å². The van der Waals surface area contributed by atoms with Crippen LogP contribution >= 0.6 is 23.4 Å². The average molecular weight is 461 g/mol. The monoisotopic (exact) mass is 460 g/mol. The molecule has 2 rings (SSSR count). The summed E-state index contributed by atoms with van der Waals surface area (Å²) in [7, 11) is 0. The van der Waals surface area contributed by atoms with E-state index in [2.05, 4.69) is 17.4 Å². The first-order chi connectivity index (χ1) is 14.7. The molecule has 0 saturated carbocycles. The SMILES string of the molecule is CC[C@@H](C(=O)NC(C)(C)C)N(Cc1ccc(Cl)cc1)C(=O)CCSCc1ccccc1. The molecule has 168 valence electrons. The second-order valence-electron chi connectivity index (χ2n) is 8.60. The van der Waals surface area contributed by atoms with Gasteiger partial charge in [0.25, 0.3) is 0 Å². The van der Waals surface area contributed by atoms with Crippen LogP contribution in [-0.2, 0) is 21.9 Å². The van der Waals surface area contributed by atoms with E-state index in [0.717, 1.165) is 11.3 Å². The minimum atomic E-state index is -0.512. The molecule has 0 spiro atoms. The van der Waals surface area contributed by atoms with E-state index >= 15 is 0 Å². The van der Waals surface area contributed by atoms with Gasteiger partial charge in [-0.1, -0.05) is 61.0 Å². The molecule has 0 aliphatic rings. The molecule has 0 aliphatic heterocycles. The molecular formula is C25H33ClN2O2S. The van der Waals surface area contributed by atoms with Crippen LogP contribution in [0.15, 0.2) is 54.6 Å². The van der Waals surface area contributed by atoms with Crippen molar-refractivity contribution in [3.63, 3.8) is 0 Å².